The Bertz CT molecular complexity index is 1590. The maximum Gasteiger partial charge on any atom is 0.251 e. The van der Waals surface area contributed by atoms with Crippen LogP contribution in [0.25, 0.3) is 26.8 Å². The van der Waals surface area contributed by atoms with Gasteiger partial charge in [-0.1, -0.05) is 18.2 Å². The standard InChI is InChI=1S/C29H34N4O6S2/c1-18(27(15-30)41(37,38)31-16-24-29(36)28(35)23(34)17-39-24)25-7-8-26(40-25)21-4-3-20-14-22(6-5-19(20)13-21)33-11-9-32(2)10-12-33/h3-8,13-14,23-24,28-29,31,34-36H,9-12,16-17H2,1-2H3. The van der Waals surface area contributed by atoms with E-state index < -0.39 is 39.3 Å². The fourth-order valence-electron chi connectivity index (χ4n) is 5.11. The molecule has 2 fully saturated rings. The van der Waals surface area contributed by atoms with Crippen LogP contribution in [-0.2, 0) is 14.8 Å². The first-order chi connectivity index (χ1) is 19.6. The molecule has 0 bridgehead atoms. The first kappa shape index (κ1) is 29.6. The fourth-order valence-corrected chi connectivity index (χ4v) is 7.35. The third-order valence-electron chi connectivity index (χ3n) is 7.74. The SMILES string of the molecule is CC(=C(C#N)S(=O)(=O)NCC1OCC(O)C(O)C1O)c1ccc(-c2ccc3cc(N4CCN(C)CC4)ccc3c2)s1. The lowest BCUT2D eigenvalue weighted by Gasteiger charge is -2.35. The number of fused-ring (bicyclic) bond motifs is 1. The normalized spacial score (nSPS) is 24.7. The minimum absolute atomic E-state index is 0.241. The number of nitriles is 1. The van der Waals surface area contributed by atoms with E-state index in [0.29, 0.717) is 10.5 Å². The number of thiophene rings is 1. The molecule has 3 heterocycles. The first-order valence-electron chi connectivity index (χ1n) is 13.4. The lowest BCUT2D eigenvalue weighted by atomic mass is 10.0. The molecule has 2 aliphatic heterocycles. The summed E-state index contributed by atoms with van der Waals surface area (Å²) in [5.41, 5.74) is 2.52. The van der Waals surface area contributed by atoms with Crippen LogP contribution in [0.2, 0.25) is 0 Å². The van der Waals surface area contributed by atoms with Crippen molar-refractivity contribution >= 4 is 43.4 Å². The molecule has 10 nitrogen and oxygen atoms in total. The van der Waals surface area contributed by atoms with Crippen molar-refractivity contribution in [1.29, 1.82) is 5.26 Å². The van der Waals surface area contributed by atoms with Crippen molar-refractivity contribution < 1.29 is 28.5 Å². The molecule has 3 aromatic rings. The molecule has 2 saturated heterocycles. The highest BCUT2D eigenvalue weighted by Gasteiger charge is 2.38. The second-order valence-corrected chi connectivity index (χ2v) is 13.3. The lowest BCUT2D eigenvalue weighted by molar-refractivity contribution is -0.184. The van der Waals surface area contributed by atoms with Gasteiger partial charge in [-0.2, -0.15) is 5.26 Å². The molecule has 218 valence electrons. The molecule has 2 aromatic carbocycles. The number of aliphatic hydroxyl groups excluding tert-OH is 3. The van der Waals surface area contributed by atoms with Gasteiger partial charge in [-0.25, -0.2) is 13.1 Å². The molecule has 0 aliphatic carbocycles. The van der Waals surface area contributed by atoms with Gasteiger partial charge in [0.15, 0.2) is 4.91 Å². The maximum absolute atomic E-state index is 13.0. The van der Waals surface area contributed by atoms with E-state index in [1.165, 1.54) is 17.0 Å². The first-order valence-corrected chi connectivity index (χ1v) is 15.7. The van der Waals surface area contributed by atoms with Crippen LogP contribution in [0.4, 0.5) is 5.69 Å². The number of likely N-dealkylation sites (N-methyl/N-ethyl adjacent to an activating group) is 1. The zero-order valence-corrected chi connectivity index (χ0v) is 24.5. The number of sulfonamides is 1. The van der Waals surface area contributed by atoms with Crippen molar-refractivity contribution in [3.63, 3.8) is 0 Å². The van der Waals surface area contributed by atoms with Gasteiger partial charge in [-0.15, -0.1) is 11.3 Å². The van der Waals surface area contributed by atoms with Crippen molar-refractivity contribution in [2.45, 2.75) is 31.3 Å². The number of ether oxygens (including phenoxy) is 1. The van der Waals surface area contributed by atoms with Crippen LogP contribution < -0.4 is 9.62 Å². The zero-order chi connectivity index (χ0) is 29.3. The molecule has 5 rings (SSSR count). The predicted molar refractivity (Wildman–Crippen MR) is 160 cm³/mol. The molecule has 0 radical (unpaired) electrons. The predicted octanol–water partition coefficient (Wildman–Crippen LogP) is 1.98. The molecular weight excluding hydrogens is 564 g/mol. The molecule has 12 heteroatoms. The number of benzene rings is 2. The van der Waals surface area contributed by atoms with Crippen LogP contribution in [0, 0.1) is 11.3 Å². The number of nitrogens with one attached hydrogen (secondary N) is 1. The average molecular weight is 599 g/mol. The molecule has 41 heavy (non-hydrogen) atoms. The van der Waals surface area contributed by atoms with Gasteiger partial charge < -0.3 is 29.9 Å². The fraction of sp³-hybridized carbons (Fsp3) is 0.414. The molecule has 2 aliphatic rings. The summed E-state index contributed by atoms with van der Waals surface area (Å²) in [7, 11) is -2.10. The van der Waals surface area contributed by atoms with Gasteiger partial charge >= 0.3 is 0 Å². The summed E-state index contributed by atoms with van der Waals surface area (Å²) in [5, 5.41) is 41.5. The van der Waals surface area contributed by atoms with Gasteiger partial charge in [0, 0.05) is 48.2 Å². The minimum Gasteiger partial charge on any atom is -0.388 e. The van der Waals surface area contributed by atoms with Crippen molar-refractivity contribution in [3.05, 3.63) is 58.3 Å². The van der Waals surface area contributed by atoms with Crippen molar-refractivity contribution in [2.75, 3.05) is 51.3 Å². The van der Waals surface area contributed by atoms with E-state index in [-0.39, 0.29) is 13.2 Å². The largest absolute Gasteiger partial charge is 0.388 e. The Morgan fingerprint density at radius 1 is 1.05 bits per heavy atom. The van der Waals surface area contributed by atoms with Crippen LogP contribution in [0.15, 0.2) is 53.4 Å². The van der Waals surface area contributed by atoms with Gasteiger partial charge in [-0.3, -0.25) is 0 Å². The van der Waals surface area contributed by atoms with Gasteiger partial charge in [0.1, 0.15) is 24.4 Å². The third-order valence-corrected chi connectivity index (χ3v) is 10.5. The van der Waals surface area contributed by atoms with Crippen molar-refractivity contribution in [1.82, 2.24) is 9.62 Å². The average Bonchev–Trinajstić information content (AvgIpc) is 3.46. The number of anilines is 1. The Morgan fingerprint density at radius 2 is 1.76 bits per heavy atom. The quantitative estimate of drug-likeness (QED) is 0.300. The number of nitrogens with zero attached hydrogens (tertiary/aromatic N) is 3. The zero-order valence-electron chi connectivity index (χ0n) is 22.9. The summed E-state index contributed by atoms with van der Waals surface area (Å²) in [6.07, 6.45) is -5.26. The Balaban J connectivity index is 1.32. The van der Waals surface area contributed by atoms with Crippen LogP contribution in [0.5, 0.6) is 0 Å². The van der Waals surface area contributed by atoms with E-state index in [9.17, 15) is 29.0 Å². The van der Waals surface area contributed by atoms with E-state index in [1.54, 1.807) is 19.1 Å². The third kappa shape index (κ3) is 6.33. The van der Waals surface area contributed by atoms with Gasteiger partial charge in [-0.05, 0) is 66.2 Å². The van der Waals surface area contributed by atoms with Crippen LogP contribution in [0.3, 0.4) is 0 Å². The molecule has 4 unspecified atom stereocenters. The number of piperazine rings is 1. The van der Waals surface area contributed by atoms with Crippen LogP contribution in [-0.4, -0.2) is 99.4 Å². The second-order valence-electron chi connectivity index (χ2n) is 10.5. The lowest BCUT2D eigenvalue weighted by Crippen LogP contribution is -2.56. The van der Waals surface area contributed by atoms with E-state index in [0.717, 1.165) is 47.4 Å². The maximum atomic E-state index is 13.0. The molecule has 4 N–H and O–H groups in total. The Labute approximate surface area is 243 Å². The highest BCUT2D eigenvalue weighted by atomic mass is 32.2. The Hall–Kier alpha value is -2.86. The summed E-state index contributed by atoms with van der Waals surface area (Å²) < 4.78 is 33.6. The van der Waals surface area contributed by atoms with E-state index in [1.807, 2.05) is 6.07 Å². The number of hydrogen-bond acceptors (Lipinski definition) is 10. The Morgan fingerprint density at radius 3 is 2.49 bits per heavy atom. The summed E-state index contributed by atoms with van der Waals surface area (Å²) >= 11 is 1.40. The minimum atomic E-state index is -4.24. The molecular formula is C29H34N4O6S2. The molecule has 1 aromatic heterocycles. The monoisotopic (exact) mass is 598 g/mol. The highest BCUT2D eigenvalue weighted by Crippen LogP contribution is 2.35. The van der Waals surface area contributed by atoms with Gasteiger partial charge in [0.25, 0.3) is 10.0 Å². The van der Waals surface area contributed by atoms with E-state index in [4.69, 9.17) is 4.74 Å². The molecule has 4 atom stereocenters. The topological polar surface area (TPSA) is 146 Å². The summed E-state index contributed by atoms with van der Waals surface area (Å²) in [6.45, 7) is 5.08. The van der Waals surface area contributed by atoms with E-state index in [2.05, 4.69) is 58.0 Å². The summed E-state index contributed by atoms with van der Waals surface area (Å²) in [4.78, 5) is 5.88. The van der Waals surface area contributed by atoms with Crippen LogP contribution >= 0.6 is 11.3 Å². The number of allylic oxidation sites excluding steroid dienone is 2. The summed E-state index contributed by atoms with van der Waals surface area (Å²) in [5.74, 6) is 0. The molecule has 0 spiro atoms. The van der Waals surface area contributed by atoms with Gasteiger partial charge in [0.2, 0.25) is 0 Å². The number of hydrogen-bond donors (Lipinski definition) is 4. The number of aliphatic hydroxyl groups is 3. The smallest absolute Gasteiger partial charge is 0.251 e. The number of rotatable bonds is 7. The Kier molecular flexibility index (Phi) is 8.79. The molecule has 0 saturated carbocycles. The second kappa shape index (κ2) is 12.2. The highest BCUT2D eigenvalue weighted by molar-refractivity contribution is 7.93. The molecule has 0 amide bonds. The van der Waals surface area contributed by atoms with Crippen LogP contribution in [0.1, 0.15) is 11.8 Å². The van der Waals surface area contributed by atoms with E-state index >= 15 is 0 Å². The van der Waals surface area contributed by atoms with Gasteiger partial charge in [0.05, 0.1) is 12.7 Å². The van der Waals surface area contributed by atoms with Crippen molar-refractivity contribution in [2.24, 2.45) is 0 Å². The van der Waals surface area contributed by atoms with Crippen molar-refractivity contribution in [3.8, 4) is 16.5 Å². The summed E-state index contributed by atoms with van der Waals surface area (Å²) in [6, 6.07) is 18.3.